The van der Waals surface area contributed by atoms with E-state index in [4.69, 9.17) is 0 Å². The van der Waals surface area contributed by atoms with E-state index in [1.54, 1.807) is 44.5 Å². The van der Waals surface area contributed by atoms with E-state index in [1.807, 2.05) is 0 Å². The van der Waals surface area contributed by atoms with Gasteiger partial charge in [-0.25, -0.2) is 0 Å². The molecule has 0 radical (unpaired) electrons. The first-order valence-corrected chi connectivity index (χ1v) is 15.6. The third kappa shape index (κ3) is 4.91. The molecule has 0 amide bonds. The Hall–Kier alpha value is -2.08. The van der Waals surface area contributed by atoms with Gasteiger partial charge in [0.2, 0.25) is 0 Å². The number of aryl methyl sites for hydroxylation is 4. The molecular formula is C37H52. The molecule has 200 valence electrons. The van der Waals surface area contributed by atoms with Crippen LogP contribution in [0, 0.1) is 5.41 Å². The minimum absolute atomic E-state index is 0.113. The summed E-state index contributed by atoms with van der Waals surface area (Å²) in [5.74, 6) is 0.984. The summed E-state index contributed by atoms with van der Waals surface area (Å²) in [6, 6.07) is 9.75. The Balaban J connectivity index is 1.95. The van der Waals surface area contributed by atoms with Gasteiger partial charge in [0, 0.05) is 11.8 Å². The highest BCUT2D eigenvalue weighted by molar-refractivity contribution is 5.75. The number of hydrogen-bond donors (Lipinski definition) is 0. The number of benzene rings is 2. The van der Waals surface area contributed by atoms with Crippen LogP contribution >= 0.6 is 0 Å². The van der Waals surface area contributed by atoms with Crippen LogP contribution in [0.5, 0.6) is 0 Å². The number of rotatable bonds is 12. The van der Waals surface area contributed by atoms with Crippen molar-refractivity contribution in [3.8, 4) is 0 Å². The molecule has 0 aromatic heterocycles. The molecule has 2 unspecified atom stereocenters. The molecule has 0 fully saturated rings. The number of unbranched alkanes of at least 4 members (excludes halogenated alkanes) is 2. The van der Waals surface area contributed by atoms with Crippen LogP contribution in [0.3, 0.4) is 0 Å². The summed E-state index contributed by atoms with van der Waals surface area (Å²) in [5, 5.41) is 0. The average molecular weight is 497 g/mol. The molecule has 0 N–H and O–H groups in total. The zero-order chi connectivity index (χ0) is 26.7. The summed E-state index contributed by atoms with van der Waals surface area (Å²) in [7, 11) is 0. The van der Waals surface area contributed by atoms with Crippen LogP contribution in [-0.4, -0.2) is 0 Å². The van der Waals surface area contributed by atoms with Crippen LogP contribution in [-0.2, 0) is 25.7 Å². The van der Waals surface area contributed by atoms with Gasteiger partial charge < -0.3 is 0 Å². The summed E-state index contributed by atoms with van der Waals surface area (Å²) in [6.07, 6.45) is 17.3. The highest BCUT2D eigenvalue weighted by Gasteiger charge is 2.48. The van der Waals surface area contributed by atoms with Crippen molar-refractivity contribution in [1.29, 1.82) is 0 Å². The molecule has 2 aromatic carbocycles. The maximum atomic E-state index is 2.64. The van der Waals surface area contributed by atoms with Crippen molar-refractivity contribution in [3.05, 3.63) is 79.9 Å². The van der Waals surface area contributed by atoms with Gasteiger partial charge in [-0.3, -0.25) is 0 Å². The maximum absolute atomic E-state index is 2.64. The first kappa shape index (κ1) is 27.9. The predicted octanol–water partition coefficient (Wildman–Crippen LogP) is 11.0. The second-order valence-corrected chi connectivity index (χ2v) is 12.2. The Kier molecular flexibility index (Phi) is 8.88. The van der Waals surface area contributed by atoms with Crippen molar-refractivity contribution in [2.24, 2.45) is 5.41 Å². The molecule has 0 saturated carbocycles. The van der Waals surface area contributed by atoms with E-state index >= 15 is 0 Å². The van der Waals surface area contributed by atoms with E-state index in [2.05, 4.69) is 91.8 Å². The molecule has 2 aliphatic rings. The Morgan fingerprint density at radius 2 is 0.892 bits per heavy atom. The lowest BCUT2D eigenvalue weighted by Gasteiger charge is -2.43. The van der Waals surface area contributed by atoms with E-state index < -0.39 is 0 Å². The minimum Gasteiger partial charge on any atom is -0.0654 e. The average Bonchev–Trinajstić information content (AvgIpc) is 3.49. The third-order valence-corrected chi connectivity index (χ3v) is 9.56. The van der Waals surface area contributed by atoms with E-state index in [0.717, 1.165) is 25.7 Å². The molecule has 0 aliphatic heterocycles. The maximum Gasteiger partial charge on any atom is 0.0120 e. The standard InChI is InChI=1S/C37H52/c1-9-15-17-29-23-31-25(11-3)19-21-27(13-5)33(31)35(29)37(7,8)36-30(18-16-10-2)24-32-26(12-4)20-22-28(14-6)34(32)36/h19-24,35-36H,9-18H2,1-8H3. The molecule has 0 bridgehead atoms. The van der Waals surface area contributed by atoms with Gasteiger partial charge in [-0.05, 0) is 101 Å². The van der Waals surface area contributed by atoms with Crippen LogP contribution in [0.2, 0.25) is 0 Å². The van der Waals surface area contributed by atoms with Gasteiger partial charge in [-0.1, -0.05) is 116 Å². The second-order valence-electron chi connectivity index (χ2n) is 12.2. The zero-order valence-electron chi connectivity index (χ0n) is 25.2. The highest BCUT2D eigenvalue weighted by atomic mass is 14.5. The van der Waals surface area contributed by atoms with Gasteiger partial charge in [0.15, 0.2) is 0 Å². The quantitative estimate of drug-likeness (QED) is 0.274. The molecular weight excluding hydrogens is 444 g/mol. The van der Waals surface area contributed by atoms with Crippen molar-refractivity contribution in [3.63, 3.8) is 0 Å². The van der Waals surface area contributed by atoms with Crippen molar-refractivity contribution in [2.75, 3.05) is 0 Å². The predicted molar refractivity (Wildman–Crippen MR) is 165 cm³/mol. The molecule has 0 nitrogen and oxygen atoms in total. The topological polar surface area (TPSA) is 0 Å². The number of hydrogen-bond acceptors (Lipinski definition) is 0. The van der Waals surface area contributed by atoms with Gasteiger partial charge in [0.25, 0.3) is 0 Å². The fourth-order valence-corrected chi connectivity index (χ4v) is 7.68. The lowest BCUT2D eigenvalue weighted by atomic mass is 9.60. The van der Waals surface area contributed by atoms with Crippen LogP contribution < -0.4 is 0 Å². The largest absolute Gasteiger partial charge is 0.0654 e. The van der Waals surface area contributed by atoms with Crippen molar-refractivity contribution >= 4 is 12.2 Å². The Morgan fingerprint density at radius 3 is 1.22 bits per heavy atom. The molecule has 0 spiro atoms. The van der Waals surface area contributed by atoms with Gasteiger partial charge in [0.1, 0.15) is 0 Å². The highest BCUT2D eigenvalue weighted by Crippen LogP contribution is 2.61. The monoisotopic (exact) mass is 496 g/mol. The van der Waals surface area contributed by atoms with Crippen LogP contribution in [0.25, 0.3) is 12.2 Å². The van der Waals surface area contributed by atoms with Crippen molar-refractivity contribution < 1.29 is 0 Å². The van der Waals surface area contributed by atoms with E-state index in [1.165, 1.54) is 49.7 Å². The van der Waals surface area contributed by atoms with Crippen LogP contribution in [0.1, 0.15) is 150 Å². The second kappa shape index (κ2) is 11.8. The molecule has 0 heteroatoms. The molecule has 2 aromatic rings. The van der Waals surface area contributed by atoms with Crippen LogP contribution in [0.15, 0.2) is 35.4 Å². The summed E-state index contributed by atoms with van der Waals surface area (Å²) in [4.78, 5) is 0. The summed E-state index contributed by atoms with van der Waals surface area (Å²) in [6.45, 7) is 19.3. The first-order valence-electron chi connectivity index (χ1n) is 15.6. The van der Waals surface area contributed by atoms with E-state index in [0.29, 0.717) is 11.8 Å². The number of fused-ring (bicyclic) bond motifs is 2. The summed E-state index contributed by atoms with van der Waals surface area (Å²) < 4.78 is 0. The fourth-order valence-electron chi connectivity index (χ4n) is 7.68. The SMILES string of the molecule is CCCCC1=Cc2c(CC)ccc(CC)c2C1C(C)(C)C1C(CCCC)=Cc2c(CC)ccc(CC)c21. The molecule has 2 atom stereocenters. The van der Waals surface area contributed by atoms with Crippen molar-refractivity contribution in [1.82, 2.24) is 0 Å². The molecule has 2 aliphatic carbocycles. The summed E-state index contributed by atoms with van der Waals surface area (Å²) >= 11 is 0. The summed E-state index contributed by atoms with van der Waals surface area (Å²) in [5.41, 5.74) is 16.2. The normalized spacial score (nSPS) is 18.6. The van der Waals surface area contributed by atoms with Gasteiger partial charge in [0.05, 0.1) is 0 Å². The molecule has 4 rings (SSSR count). The van der Waals surface area contributed by atoms with Gasteiger partial charge in [-0.2, -0.15) is 0 Å². The third-order valence-electron chi connectivity index (χ3n) is 9.56. The molecule has 0 heterocycles. The lowest BCUT2D eigenvalue weighted by molar-refractivity contribution is 0.265. The Bertz CT molecular complexity index is 1080. The van der Waals surface area contributed by atoms with Gasteiger partial charge >= 0.3 is 0 Å². The number of allylic oxidation sites excluding steroid dienone is 2. The van der Waals surface area contributed by atoms with Gasteiger partial charge in [-0.15, -0.1) is 0 Å². The lowest BCUT2D eigenvalue weighted by Crippen LogP contribution is -2.32. The fraction of sp³-hybridized carbons (Fsp3) is 0.568. The molecule has 0 saturated heterocycles. The minimum atomic E-state index is 0.113. The van der Waals surface area contributed by atoms with Crippen molar-refractivity contribution in [2.45, 2.75) is 131 Å². The smallest absolute Gasteiger partial charge is 0.0120 e. The van der Waals surface area contributed by atoms with Crippen LogP contribution in [0.4, 0.5) is 0 Å². The Morgan fingerprint density at radius 1 is 0.541 bits per heavy atom. The Labute approximate surface area is 228 Å². The first-order chi connectivity index (χ1) is 17.9. The van der Waals surface area contributed by atoms with E-state index in [9.17, 15) is 0 Å². The zero-order valence-corrected chi connectivity index (χ0v) is 25.2. The molecule has 37 heavy (non-hydrogen) atoms. The van der Waals surface area contributed by atoms with E-state index in [-0.39, 0.29) is 5.41 Å².